The molecule has 0 spiro atoms. The molecule has 116 valence electrons. The van der Waals surface area contributed by atoms with Crippen LogP contribution in [-0.4, -0.2) is 39.0 Å². The number of anilines is 1. The molecule has 0 bridgehead atoms. The van der Waals surface area contributed by atoms with E-state index < -0.39 is 31.4 Å². The van der Waals surface area contributed by atoms with Crippen LogP contribution in [0.15, 0.2) is 23.1 Å². The van der Waals surface area contributed by atoms with Crippen LogP contribution in [0.5, 0.6) is 0 Å². The summed E-state index contributed by atoms with van der Waals surface area (Å²) < 4.78 is 30.9. The van der Waals surface area contributed by atoms with Crippen molar-refractivity contribution >= 4 is 27.3 Å². The molecule has 1 rings (SSSR count). The number of hydrogen-bond acceptors (Lipinski definition) is 7. The standard InChI is InChI=1S/C10H14N4O6S/c11-7-1-2-8(14(16)17)9(5-7)21(18,19)13-3-4-20-6-10(12)15/h1-2,5,13H,3-4,6,11H2,(H2,12,15). The highest BCUT2D eigenvalue weighted by atomic mass is 32.2. The fraction of sp³-hybridized carbons (Fsp3) is 0.300. The number of nitrogens with one attached hydrogen (secondary N) is 1. The molecule has 10 nitrogen and oxygen atoms in total. The number of sulfonamides is 1. The largest absolute Gasteiger partial charge is 0.399 e. The minimum Gasteiger partial charge on any atom is -0.399 e. The van der Waals surface area contributed by atoms with Crippen molar-refractivity contribution in [3.8, 4) is 0 Å². The Labute approximate surface area is 120 Å². The van der Waals surface area contributed by atoms with E-state index >= 15 is 0 Å². The van der Waals surface area contributed by atoms with E-state index in [2.05, 4.69) is 4.72 Å². The number of nitrogens with two attached hydrogens (primary N) is 2. The van der Waals surface area contributed by atoms with E-state index in [0.29, 0.717) is 0 Å². The Kier molecular flexibility index (Phi) is 5.58. The van der Waals surface area contributed by atoms with Crippen molar-refractivity contribution in [2.24, 2.45) is 5.73 Å². The van der Waals surface area contributed by atoms with Gasteiger partial charge in [-0.3, -0.25) is 14.9 Å². The highest BCUT2D eigenvalue weighted by Crippen LogP contribution is 2.25. The van der Waals surface area contributed by atoms with Crippen LogP contribution in [-0.2, 0) is 19.6 Å². The van der Waals surface area contributed by atoms with E-state index in [9.17, 15) is 23.3 Å². The Bertz CT molecular complexity index is 645. The number of nitro groups is 1. The monoisotopic (exact) mass is 318 g/mol. The van der Waals surface area contributed by atoms with Gasteiger partial charge < -0.3 is 16.2 Å². The van der Waals surface area contributed by atoms with E-state index in [1.807, 2.05) is 0 Å². The lowest BCUT2D eigenvalue weighted by molar-refractivity contribution is -0.387. The molecule has 0 saturated heterocycles. The van der Waals surface area contributed by atoms with Crippen molar-refractivity contribution in [1.82, 2.24) is 4.72 Å². The van der Waals surface area contributed by atoms with Gasteiger partial charge in [-0.25, -0.2) is 13.1 Å². The van der Waals surface area contributed by atoms with Crippen LogP contribution in [0.4, 0.5) is 11.4 Å². The second-order valence-corrected chi connectivity index (χ2v) is 5.64. The molecule has 0 aliphatic heterocycles. The zero-order valence-corrected chi connectivity index (χ0v) is 11.6. The molecule has 5 N–H and O–H groups in total. The molecule has 0 aromatic heterocycles. The number of primary amides is 1. The van der Waals surface area contributed by atoms with Gasteiger partial charge in [-0.15, -0.1) is 0 Å². The van der Waals surface area contributed by atoms with Crippen LogP contribution < -0.4 is 16.2 Å². The topological polar surface area (TPSA) is 168 Å². The van der Waals surface area contributed by atoms with Crippen molar-refractivity contribution in [3.63, 3.8) is 0 Å². The number of hydrogen-bond donors (Lipinski definition) is 3. The van der Waals surface area contributed by atoms with E-state index in [4.69, 9.17) is 16.2 Å². The summed E-state index contributed by atoms with van der Waals surface area (Å²) in [6.07, 6.45) is 0. The highest BCUT2D eigenvalue weighted by molar-refractivity contribution is 7.89. The van der Waals surface area contributed by atoms with Crippen LogP contribution in [0, 0.1) is 10.1 Å². The molecule has 1 aromatic rings. The molecule has 0 radical (unpaired) electrons. The summed E-state index contributed by atoms with van der Waals surface area (Å²) in [4.78, 5) is 19.9. The van der Waals surface area contributed by atoms with Crippen molar-refractivity contribution in [2.75, 3.05) is 25.5 Å². The Balaban J connectivity index is 2.81. The zero-order valence-electron chi connectivity index (χ0n) is 10.8. The number of nitrogen functional groups attached to an aromatic ring is 1. The van der Waals surface area contributed by atoms with Gasteiger partial charge in [0.05, 0.1) is 11.5 Å². The Morgan fingerprint density at radius 1 is 1.43 bits per heavy atom. The van der Waals surface area contributed by atoms with E-state index in [1.165, 1.54) is 6.07 Å². The summed E-state index contributed by atoms with van der Waals surface area (Å²) in [7, 11) is -4.13. The van der Waals surface area contributed by atoms with Crippen LogP contribution in [0.25, 0.3) is 0 Å². The maximum atomic E-state index is 12.0. The van der Waals surface area contributed by atoms with Crippen LogP contribution in [0.2, 0.25) is 0 Å². The average Bonchev–Trinajstić information content (AvgIpc) is 2.37. The lowest BCUT2D eigenvalue weighted by Gasteiger charge is -2.08. The molecule has 0 aliphatic carbocycles. The first-order valence-electron chi connectivity index (χ1n) is 5.63. The number of rotatable bonds is 8. The number of carbonyl (C=O) groups excluding carboxylic acids is 1. The quantitative estimate of drug-likeness (QED) is 0.238. The van der Waals surface area contributed by atoms with Gasteiger partial charge in [-0.2, -0.15) is 0 Å². The summed E-state index contributed by atoms with van der Waals surface area (Å²) >= 11 is 0. The molecule has 0 atom stereocenters. The summed E-state index contributed by atoms with van der Waals surface area (Å²) in [6.45, 7) is -0.639. The van der Waals surface area contributed by atoms with Crippen molar-refractivity contribution in [3.05, 3.63) is 28.3 Å². The maximum absolute atomic E-state index is 12.0. The van der Waals surface area contributed by atoms with Gasteiger partial charge in [0, 0.05) is 18.3 Å². The predicted octanol–water partition coefficient (Wildman–Crippen LogP) is -1.04. The SMILES string of the molecule is NC(=O)COCCNS(=O)(=O)c1cc(N)ccc1[N+](=O)[O-]. The third-order valence-electron chi connectivity index (χ3n) is 2.25. The third-order valence-corrected chi connectivity index (χ3v) is 3.74. The second-order valence-electron chi connectivity index (χ2n) is 3.90. The molecule has 0 fully saturated rings. The first-order chi connectivity index (χ1) is 9.74. The fourth-order valence-corrected chi connectivity index (χ4v) is 2.61. The Hall–Kier alpha value is -2.24. The zero-order chi connectivity index (χ0) is 16.0. The Morgan fingerprint density at radius 3 is 2.67 bits per heavy atom. The summed E-state index contributed by atoms with van der Waals surface area (Å²) in [5.41, 5.74) is 9.76. The van der Waals surface area contributed by atoms with Gasteiger partial charge in [-0.05, 0) is 12.1 Å². The van der Waals surface area contributed by atoms with E-state index in [1.54, 1.807) is 0 Å². The number of nitrogens with zero attached hydrogens (tertiary/aromatic N) is 1. The van der Waals surface area contributed by atoms with Crippen LogP contribution in [0.1, 0.15) is 0 Å². The molecule has 0 saturated carbocycles. The number of carbonyl (C=O) groups is 1. The molecular weight excluding hydrogens is 304 g/mol. The van der Waals surface area contributed by atoms with Crippen molar-refractivity contribution < 1.29 is 22.9 Å². The number of benzene rings is 1. The van der Waals surface area contributed by atoms with Gasteiger partial charge >= 0.3 is 0 Å². The van der Waals surface area contributed by atoms with Gasteiger partial charge in [0.2, 0.25) is 15.9 Å². The predicted molar refractivity (Wildman–Crippen MR) is 72.7 cm³/mol. The second kappa shape index (κ2) is 6.97. The highest BCUT2D eigenvalue weighted by Gasteiger charge is 2.25. The lowest BCUT2D eigenvalue weighted by atomic mass is 10.3. The molecule has 0 unspecified atom stereocenters. The third kappa shape index (κ3) is 4.98. The summed E-state index contributed by atoms with van der Waals surface area (Å²) in [5, 5.41) is 10.8. The van der Waals surface area contributed by atoms with Crippen molar-refractivity contribution in [1.29, 1.82) is 0 Å². The molecule has 0 aliphatic rings. The minimum atomic E-state index is -4.13. The van der Waals surface area contributed by atoms with E-state index in [-0.39, 0.29) is 25.4 Å². The molecule has 1 amide bonds. The average molecular weight is 318 g/mol. The lowest BCUT2D eigenvalue weighted by Crippen LogP contribution is -2.29. The smallest absolute Gasteiger partial charge is 0.289 e. The number of nitro benzene ring substituents is 1. The van der Waals surface area contributed by atoms with Crippen LogP contribution >= 0.6 is 0 Å². The van der Waals surface area contributed by atoms with Gasteiger partial charge in [0.15, 0.2) is 4.90 Å². The molecule has 21 heavy (non-hydrogen) atoms. The fourth-order valence-electron chi connectivity index (χ4n) is 1.40. The van der Waals surface area contributed by atoms with Gasteiger partial charge in [-0.1, -0.05) is 0 Å². The molecule has 0 heterocycles. The Morgan fingerprint density at radius 2 is 2.10 bits per heavy atom. The maximum Gasteiger partial charge on any atom is 0.289 e. The normalized spacial score (nSPS) is 11.2. The number of ether oxygens (including phenoxy) is 1. The summed E-state index contributed by atoms with van der Waals surface area (Å²) in [6, 6.07) is 3.23. The van der Waals surface area contributed by atoms with E-state index in [0.717, 1.165) is 12.1 Å². The first kappa shape index (κ1) is 16.8. The number of amides is 1. The van der Waals surface area contributed by atoms with Crippen molar-refractivity contribution in [2.45, 2.75) is 4.90 Å². The first-order valence-corrected chi connectivity index (χ1v) is 7.12. The molecule has 11 heteroatoms. The minimum absolute atomic E-state index is 0.0750. The summed E-state index contributed by atoms with van der Waals surface area (Å²) in [5.74, 6) is -0.690. The molecular formula is C10H14N4O6S. The van der Waals surface area contributed by atoms with Gasteiger partial charge in [0.25, 0.3) is 5.69 Å². The van der Waals surface area contributed by atoms with Crippen LogP contribution in [0.3, 0.4) is 0 Å². The van der Waals surface area contributed by atoms with Gasteiger partial charge in [0.1, 0.15) is 6.61 Å². The molecule has 1 aromatic carbocycles.